The standard InChI is InChI=1S/C18H17O4/c1-21-17(19)15-7-3-5-13(11-15)9-10-14-6-4-8-16(12-14)18(20)22-2/h3-9,11-12H,10H2,1-2H3. The Labute approximate surface area is 129 Å². The third kappa shape index (κ3) is 3.95. The predicted molar refractivity (Wildman–Crippen MR) is 82.7 cm³/mol. The van der Waals surface area contributed by atoms with Crippen LogP contribution in [-0.4, -0.2) is 26.2 Å². The van der Waals surface area contributed by atoms with Gasteiger partial charge in [0.1, 0.15) is 0 Å². The molecule has 0 saturated carbocycles. The fraction of sp³-hybridized carbons (Fsp3) is 0.167. The first kappa shape index (κ1) is 15.8. The first-order chi connectivity index (χ1) is 10.6. The van der Waals surface area contributed by atoms with E-state index < -0.39 is 0 Å². The number of carbonyl (C=O) groups is 2. The molecule has 1 radical (unpaired) electrons. The quantitative estimate of drug-likeness (QED) is 0.796. The summed E-state index contributed by atoms with van der Waals surface area (Å²) in [6.45, 7) is 0. The minimum Gasteiger partial charge on any atom is -0.465 e. The molecule has 0 N–H and O–H groups in total. The molecule has 0 fully saturated rings. The first-order valence-corrected chi connectivity index (χ1v) is 6.83. The van der Waals surface area contributed by atoms with Gasteiger partial charge < -0.3 is 9.47 Å². The molecule has 2 aromatic carbocycles. The van der Waals surface area contributed by atoms with Crippen LogP contribution in [0.2, 0.25) is 0 Å². The summed E-state index contributed by atoms with van der Waals surface area (Å²) in [6, 6.07) is 14.5. The van der Waals surface area contributed by atoms with E-state index in [0.29, 0.717) is 17.5 Å². The van der Waals surface area contributed by atoms with Crippen molar-refractivity contribution in [1.82, 2.24) is 0 Å². The Morgan fingerprint density at radius 2 is 1.50 bits per heavy atom. The Hall–Kier alpha value is -2.62. The van der Waals surface area contributed by atoms with Crippen LogP contribution in [0.5, 0.6) is 0 Å². The third-order valence-corrected chi connectivity index (χ3v) is 3.23. The molecule has 0 spiro atoms. The molecule has 2 rings (SSSR count). The number of rotatable bonds is 5. The van der Waals surface area contributed by atoms with E-state index in [4.69, 9.17) is 9.47 Å². The number of hydrogen-bond donors (Lipinski definition) is 0. The summed E-state index contributed by atoms with van der Waals surface area (Å²) in [5.74, 6) is -0.711. The predicted octanol–water partition coefficient (Wildman–Crippen LogP) is 3.05. The molecule has 4 heteroatoms. The second-order valence-electron chi connectivity index (χ2n) is 4.72. The second kappa shape index (κ2) is 7.41. The van der Waals surface area contributed by atoms with Crippen molar-refractivity contribution in [2.24, 2.45) is 0 Å². The van der Waals surface area contributed by atoms with Crippen molar-refractivity contribution in [2.45, 2.75) is 6.42 Å². The molecule has 113 valence electrons. The van der Waals surface area contributed by atoms with Crippen LogP contribution < -0.4 is 0 Å². The van der Waals surface area contributed by atoms with Gasteiger partial charge in [0.15, 0.2) is 0 Å². The number of carbonyl (C=O) groups excluding carboxylic acids is 2. The van der Waals surface area contributed by atoms with Crippen LogP contribution >= 0.6 is 0 Å². The largest absolute Gasteiger partial charge is 0.465 e. The van der Waals surface area contributed by atoms with Crippen LogP contribution in [0.3, 0.4) is 0 Å². The topological polar surface area (TPSA) is 52.6 Å². The highest BCUT2D eigenvalue weighted by Crippen LogP contribution is 2.14. The van der Waals surface area contributed by atoms with Crippen molar-refractivity contribution in [3.8, 4) is 0 Å². The van der Waals surface area contributed by atoms with E-state index in [1.54, 1.807) is 24.3 Å². The van der Waals surface area contributed by atoms with E-state index in [1.807, 2.05) is 30.7 Å². The van der Waals surface area contributed by atoms with Crippen molar-refractivity contribution < 1.29 is 19.1 Å². The Kier molecular flexibility index (Phi) is 5.31. The molecule has 2 aromatic rings. The van der Waals surface area contributed by atoms with Gasteiger partial charge in [-0.05, 0) is 48.2 Å². The fourth-order valence-corrected chi connectivity index (χ4v) is 2.09. The van der Waals surface area contributed by atoms with Crippen LogP contribution in [0, 0.1) is 6.42 Å². The van der Waals surface area contributed by atoms with Crippen molar-refractivity contribution in [3.63, 3.8) is 0 Å². The van der Waals surface area contributed by atoms with Gasteiger partial charge in [0.2, 0.25) is 0 Å². The summed E-state index contributed by atoms with van der Waals surface area (Å²) in [5, 5.41) is 0. The lowest BCUT2D eigenvalue weighted by Gasteiger charge is -2.06. The van der Waals surface area contributed by atoms with E-state index in [9.17, 15) is 9.59 Å². The Morgan fingerprint density at radius 3 is 2.14 bits per heavy atom. The van der Waals surface area contributed by atoms with Gasteiger partial charge >= 0.3 is 11.9 Å². The molecule has 0 atom stereocenters. The lowest BCUT2D eigenvalue weighted by Crippen LogP contribution is -2.03. The average Bonchev–Trinajstić information content (AvgIpc) is 2.59. The lowest BCUT2D eigenvalue weighted by atomic mass is 10.0. The molecule has 0 heterocycles. The molecule has 0 saturated heterocycles. The number of hydrogen-bond acceptors (Lipinski definition) is 4. The summed E-state index contributed by atoms with van der Waals surface area (Å²) in [6.07, 6.45) is 2.64. The molecule has 0 aromatic heterocycles. The van der Waals surface area contributed by atoms with Crippen LogP contribution in [0.4, 0.5) is 0 Å². The number of benzene rings is 2. The zero-order chi connectivity index (χ0) is 15.9. The molecular weight excluding hydrogens is 280 g/mol. The number of ether oxygens (including phenoxy) is 2. The first-order valence-electron chi connectivity index (χ1n) is 6.83. The maximum Gasteiger partial charge on any atom is 0.337 e. The van der Waals surface area contributed by atoms with Crippen LogP contribution in [0.25, 0.3) is 0 Å². The summed E-state index contributed by atoms with van der Waals surface area (Å²) in [4.78, 5) is 23.0. The van der Waals surface area contributed by atoms with Crippen molar-refractivity contribution >= 4 is 11.9 Å². The number of methoxy groups -OCH3 is 2. The summed E-state index contributed by atoms with van der Waals surface area (Å²) < 4.78 is 9.41. The highest BCUT2D eigenvalue weighted by atomic mass is 16.5. The van der Waals surface area contributed by atoms with Gasteiger partial charge in [-0.1, -0.05) is 24.3 Å². The van der Waals surface area contributed by atoms with E-state index in [-0.39, 0.29) is 11.9 Å². The maximum atomic E-state index is 11.5. The van der Waals surface area contributed by atoms with E-state index in [0.717, 1.165) is 11.1 Å². The van der Waals surface area contributed by atoms with Gasteiger partial charge in [0.25, 0.3) is 0 Å². The highest BCUT2D eigenvalue weighted by Gasteiger charge is 2.08. The average molecular weight is 297 g/mol. The highest BCUT2D eigenvalue weighted by molar-refractivity contribution is 5.90. The normalized spacial score (nSPS) is 10.1. The molecule has 4 nitrogen and oxygen atoms in total. The molecule has 0 aliphatic heterocycles. The molecule has 0 unspecified atom stereocenters. The summed E-state index contributed by atoms with van der Waals surface area (Å²) in [7, 11) is 2.72. The van der Waals surface area contributed by atoms with E-state index >= 15 is 0 Å². The van der Waals surface area contributed by atoms with Crippen LogP contribution in [0.15, 0.2) is 48.5 Å². The smallest absolute Gasteiger partial charge is 0.337 e. The van der Waals surface area contributed by atoms with Gasteiger partial charge in [0.05, 0.1) is 25.3 Å². The Balaban J connectivity index is 2.07. The van der Waals surface area contributed by atoms with Crippen LogP contribution in [0.1, 0.15) is 31.8 Å². The van der Waals surface area contributed by atoms with Gasteiger partial charge in [-0.2, -0.15) is 0 Å². The lowest BCUT2D eigenvalue weighted by molar-refractivity contribution is 0.0591. The third-order valence-electron chi connectivity index (χ3n) is 3.23. The monoisotopic (exact) mass is 297 g/mol. The molecule has 0 aliphatic rings. The zero-order valence-corrected chi connectivity index (χ0v) is 12.5. The van der Waals surface area contributed by atoms with E-state index in [2.05, 4.69) is 0 Å². The van der Waals surface area contributed by atoms with Gasteiger partial charge in [-0.25, -0.2) is 9.59 Å². The fourth-order valence-electron chi connectivity index (χ4n) is 2.09. The Morgan fingerprint density at radius 1 is 0.909 bits per heavy atom. The second-order valence-corrected chi connectivity index (χ2v) is 4.72. The summed E-state index contributed by atoms with van der Waals surface area (Å²) >= 11 is 0. The van der Waals surface area contributed by atoms with Gasteiger partial charge in [0, 0.05) is 0 Å². The molecule has 0 aliphatic carbocycles. The minimum absolute atomic E-state index is 0.352. The van der Waals surface area contributed by atoms with E-state index in [1.165, 1.54) is 14.2 Å². The Bertz CT molecular complexity index is 617. The van der Waals surface area contributed by atoms with Crippen molar-refractivity contribution in [1.29, 1.82) is 0 Å². The van der Waals surface area contributed by atoms with Gasteiger partial charge in [-0.3, -0.25) is 0 Å². The number of esters is 2. The molecular formula is C18H17O4. The zero-order valence-electron chi connectivity index (χ0n) is 12.5. The van der Waals surface area contributed by atoms with Crippen LogP contribution in [-0.2, 0) is 15.9 Å². The summed E-state index contributed by atoms with van der Waals surface area (Å²) in [5.41, 5.74) is 2.95. The molecule has 0 bridgehead atoms. The van der Waals surface area contributed by atoms with Gasteiger partial charge in [-0.15, -0.1) is 0 Å². The van der Waals surface area contributed by atoms with Crippen molar-refractivity contribution in [3.05, 3.63) is 77.2 Å². The molecule has 0 amide bonds. The minimum atomic E-state index is -0.358. The van der Waals surface area contributed by atoms with Crippen molar-refractivity contribution in [2.75, 3.05) is 14.2 Å². The molecule has 22 heavy (non-hydrogen) atoms. The SMILES string of the molecule is COC(=O)c1cccc([CH]Cc2cccc(C(=O)OC)c2)c1. The maximum absolute atomic E-state index is 11.5.